The molecule has 7 nitrogen and oxygen atoms in total. The normalized spacial score (nSPS) is 18.0. The summed E-state index contributed by atoms with van der Waals surface area (Å²) in [5.74, 6) is 1.44. The monoisotopic (exact) mass is 303 g/mol. The summed E-state index contributed by atoms with van der Waals surface area (Å²) in [7, 11) is 0. The summed E-state index contributed by atoms with van der Waals surface area (Å²) in [5.41, 5.74) is 0. The van der Waals surface area contributed by atoms with Crippen molar-refractivity contribution in [3.05, 3.63) is 30.2 Å². The lowest BCUT2D eigenvalue weighted by Gasteiger charge is -2.22. The predicted octanol–water partition coefficient (Wildman–Crippen LogP) is 1.97. The van der Waals surface area contributed by atoms with Crippen LogP contribution in [0.15, 0.2) is 23.0 Å². The molecule has 0 radical (unpaired) electrons. The molecule has 1 atom stereocenters. The van der Waals surface area contributed by atoms with Gasteiger partial charge in [0.2, 0.25) is 11.8 Å². The van der Waals surface area contributed by atoms with E-state index in [1.165, 1.54) is 0 Å². The fraction of sp³-hybridized carbons (Fsp3) is 0.600. The molecule has 3 rings (SSSR count). The van der Waals surface area contributed by atoms with Crippen LogP contribution in [0.3, 0.4) is 0 Å². The van der Waals surface area contributed by atoms with Crippen LogP contribution in [0, 0.1) is 0 Å². The number of nitrogens with zero attached hydrogens (tertiary/aromatic N) is 5. The second-order valence-electron chi connectivity index (χ2n) is 5.52. The molecule has 0 saturated carbocycles. The average Bonchev–Trinajstić information content (AvgIpc) is 3.27. The van der Waals surface area contributed by atoms with E-state index in [0.29, 0.717) is 18.1 Å². The second-order valence-corrected chi connectivity index (χ2v) is 5.52. The first-order chi connectivity index (χ1) is 10.8. The molecular formula is C15H21N5O2. The highest BCUT2D eigenvalue weighted by Crippen LogP contribution is 2.30. The number of aromatic nitrogens is 4. The van der Waals surface area contributed by atoms with E-state index >= 15 is 0 Å². The largest absolute Gasteiger partial charge is 0.339 e. The van der Waals surface area contributed by atoms with E-state index in [-0.39, 0.29) is 11.9 Å². The van der Waals surface area contributed by atoms with Gasteiger partial charge in [-0.15, -0.1) is 0 Å². The summed E-state index contributed by atoms with van der Waals surface area (Å²) in [6.45, 7) is 3.52. The van der Waals surface area contributed by atoms with Gasteiger partial charge in [-0.3, -0.25) is 9.48 Å². The van der Waals surface area contributed by atoms with Gasteiger partial charge in [-0.25, -0.2) is 0 Å². The molecular weight excluding hydrogens is 282 g/mol. The number of rotatable bonds is 6. The van der Waals surface area contributed by atoms with Gasteiger partial charge in [0.1, 0.15) is 0 Å². The molecule has 118 valence electrons. The number of likely N-dealkylation sites (tertiary alicyclic amines) is 1. The van der Waals surface area contributed by atoms with Gasteiger partial charge in [0, 0.05) is 38.3 Å². The van der Waals surface area contributed by atoms with Crippen molar-refractivity contribution in [2.75, 3.05) is 6.54 Å². The van der Waals surface area contributed by atoms with E-state index in [1.54, 1.807) is 6.20 Å². The molecule has 22 heavy (non-hydrogen) atoms. The maximum atomic E-state index is 12.4. The fourth-order valence-electron chi connectivity index (χ4n) is 2.85. The standard InChI is InChI=1S/C15H21N5O2/c1-2-13-17-15(18-22-13)12-6-3-11-20(12)14(21)7-4-9-19-10-5-8-16-19/h5,8,10,12H,2-4,6-7,9,11H2,1H3/t12-/m0/s1. The highest BCUT2D eigenvalue weighted by atomic mass is 16.5. The van der Waals surface area contributed by atoms with Gasteiger partial charge >= 0.3 is 0 Å². The minimum atomic E-state index is -0.0266. The molecule has 2 aromatic rings. The molecule has 0 aliphatic carbocycles. The molecule has 1 aliphatic rings. The Kier molecular flexibility index (Phi) is 4.50. The topological polar surface area (TPSA) is 77.1 Å². The van der Waals surface area contributed by atoms with Crippen LogP contribution in [0.25, 0.3) is 0 Å². The first kappa shape index (κ1) is 14.7. The molecule has 3 heterocycles. The first-order valence-corrected chi connectivity index (χ1v) is 7.87. The van der Waals surface area contributed by atoms with E-state index in [4.69, 9.17) is 4.52 Å². The molecule has 0 bridgehead atoms. The summed E-state index contributed by atoms with van der Waals surface area (Å²) >= 11 is 0. The highest BCUT2D eigenvalue weighted by Gasteiger charge is 2.32. The van der Waals surface area contributed by atoms with Gasteiger partial charge in [0.05, 0.1) is 6.04 Å². The summed E-state index contributed by atoms with van der Waals surface area (Å²) in [5, 5.41) is 8.17. The Balaban J connectivity index is 1.56. The summed E-state index contributed by atoms with van der Waals surface area (Å²) < 4.78 is 7.02. The van der Waals surface area contributed by atoms with Gasteiger partial charge in [0.15, 0.2) is 5.82 Å². The SMILES string of the molecule is CCc1nc([C@@H]2CCCN2C(=O)CCCn2cccn2)no1. The number of amides is 1. The lowest BCUT2D eigenvalue weighted by atomic mass is 10.2. The zero-order valence-electron chi connectivity index (χ0n) is 12.8. The molecule has 2 aromatic heterocycles. The number of hydrogen-bond acceptors (Lipinski definition) is 5. The van der Waals surface area contributed by atoms with Gasteiger partial charge in [0.25, 0.3) is 0 Å². The van der Waals surface area contributed by atoms with Crippen LogP contribution in [0.1, 0.15) is 50.4 Å². The third kappa shape index (κ3) is 3.18. The molecule has 0 unspecified atom stereocenters. The quantitative estimate of drug-likeness (QED) is 0.815. The van der Waals surface area contributed by atoms with Crippen molar-refractivity contribution in [3.8, 4) is 0 Å². The Bertz CT molecular complexity index is 607. The van der Waals surface area contributed by atoms with Crippen molar-refractivity contribution in [1.82, 2.24) is 24.8 Å². The lowest BCUT2D eigenvalue weighted by Crippen LogP contribution is -2.31. The van der Waals surface area contributed by atoms with Crippen molar-refractivity contribution in [3.63, 3.8) is 0 Å². The van der Waals surface area contributed by atoms with Gasteiger partial charge in [-0.05, 0) is 25.3 Å². The fourth-order valence-corrected chi connectivity index (χ4v) is 2.85. The molecule has 1 saturated heterocycles. The minimum absolute atomic E-state index is 0.0266. The Morgan fingerprint density at radius 3 is 3.14 bits per heavy atom. The first-order valence-electron chi connectivity index (χ1n) is 7.87. The van der Waals surface area contributed by atoms with Crippen LogP contribution in [0.2, 0.25) is 0 Å². The van der Waals surface area contributed by atoms with Crippen LogP contribution in [0.4, 0.5) is 0 Å². The molecule has 0 aromatic carbocycles. The van der Waals surface area contributed by atoms with Gasteiger partial charge < -0.3 is 9.42 Å². The Labute approximate surface area is 129 Å². The number of carbonyl (C=O) groups is 1. The van der Waals surface area contributed by atoms with Gasteiger partial charge in [-0.2, -0.15) is 10.1 Å². The third-order valence-electron chi connectivity index (χ3n) is 3.99. The smallest absolute Gasteiger partial charge is 0.226 e. The summed E-state index contributed by atoms with van der Waals surface area (Å²) in [4.78, 5) is 18.7. The second kappa shape index (κ2) is 6.72. The Hall–Kier alpha value is -2.18. The molecule has 1 amide bonds. The average molecular weight is 303 g/mol. The van der Waals surface area contributed by atoms with Crippen LogP contribution in [-0.4, -0.2) is 37.3 Å². The molecule has 1 fully saturated rings. The number of hydrogen-bond donors (Lipinski definition) is 0. The number of carbonyl (C=O) groups excluding carboxylic acids is 1. The predicted molar refractivity (Wildman–Crippen MR) is 78.8 cm³/mol. The van der Waals surface area contributed by atoms with Crippen molar-refractivity contribution in [1.29, 1.82) is 0 Å². The summed E-state index contributed by atoms with van der Waals surface area (Å²) in [6, 6.07) is 1.86. The van der Waals surface area contributed by atoms with Crippen molar-refractivity contribution in [2.24, 2.45) is 0 Å². The van der Waals surface area contributed by atoms with Crippen LogP contribution in [0.5, 0.6) is 0 Å². The molecule has 7 heteroatoms. The van der Waals surface area contributed by atoms with Crippen LogP contribution < -0.4 is 0 Å². The van der Waals surface area contributed by atoms with Crippen molar-refractivity contribution in [2.45, 2.75) is 51.6 Å². The van der Waals surface area contributed by atoms with Crippen LogP contribution >= 0.6 is 0 Å². The van der Waals surface area contributed by atoms with Crippen LogP contribution in [-0.2, 0) is 17.8 Å². The molecule has 0 spiro atoms. The van der Waals surface area contributed by atoms with E-state index in [9.17, 15) is 4.79 Å². The van der Waals surface area contributed by atoms with E-state index < -0.39 is 0 Å². The lowest BCUT2D eigenvalue weighted by molar-refractivity contribution is -0.132. The Morgan fingerprint density at radius 2 is 2.41 bits per heavy atom. The zero-order chi connectivity index (χ0) is 15.4. The van der Waals surface area contributed by atoms with E-state index in [0.717, 1.165) is 38.8 Å². The van der Waals surface area contributed by atoms with E-state index in [1.807, 2.05) is 28.8 Å². The van der Waals surface area contributed by atoms with Crippen molar-refractivity contribution < 1.29 is 9.32 Å². The highest BCUT2D eigenvalue weighted by molar-refractivity contribution is 5.76. The maximum absolute atomic E-state index is 12.4. The summed E-state index contributed by atoms with van der Waals surface area (Å²) in [6.07, 6.45) is 7.59. The van der Waals surface area contributed by atoms with Crippen molar-refractivity contribution >= 4 is 5.91 Å². The third-order valence-corrected chi connectivity index (χ3v) is 3.99. The zero-order valence-corrected chi connectivity index (χ0v) is 12.8. The maximum Gasteiger partial charge on any atom is 0.226 e. The Morgan fingerprint density at radius 1 is 1.50 bits per heavy atom. The van der Waals surface area contributed by atoms with Gasteiger partial charge in [-0.1, -0.05) is 12.1 Å². The molecule has 0 N–H and O–H groups in total. The number of aryl methyl sites for hydroxylation is 2. The molecule has 1 aliphatic heterocycles. The van der Waals surface area contributed by atoms with E-state index in [2.05, 4.69) is 15.2 Å². The minimum Gasteiger partial charge on any atom is -0.339 e.